The molecule has 27 heavy (non-hydrogen) atoms. The van der Waals surface area contributed by atoms with Crippen molar-refractivity contribution in [2.45, 2.75) is 51.4 Å². The molecule has 2 aromatic rings. The van der Waals surface area contributed by atoms with Crippen LogP contribution >= 0.6 is 0 Å². The Kier molecular flexibility index (Phi) is 4.99. The molecular formula is C22H31N5. The van der Waals surface area contributed by atoms with E-state index in [1.807, 2.05) is 0 Å². The Labute approximate surface area is 162 Å². The predicted octanol–water partition coefficient (Wildman–Crippen LogP) is 2.05. The van der Waals surface area contributed by atoms with E-state index in [0.717, 1.165) is 32.2 Å². The largest absolute Gasteiger partial charge is 0.311 e. The Morgan fingerprint density at radius 1 is 1.04 bits per heavy atom. The highest BCUT2D eigenvalue weighted by Crippen LogP contribution is 2.25. The maximum absolute atomic E-state index is 4.86. The van der Waals surface area contributed by atoms with E-state index in [9.17, 15) is 0 Å². The van der Waals surface area contributed by atoms with Crippen LogP contribution in [0, 0.1) is 0 Å². The molecule has 0 saturated carbocycles. The van der Waals surface area contributed by atoms with Crippen LogP contribution in [0.2, 0.25) is 0 Å². The van der Waals surface area contributed by atoms with Gasteiger partial charge in [-0.25, -0.2) is 0 Å². The number of rotatable bonds is 3. The monoisotopic (exact) mass is 365 g/mol. The molecule has 1 aromatic carbocycles. The molecule has 1 aliphatic carbocycles. The molecule has 0 bridgehead atoms. The summed E-state index contributed by atoms with van der Waals surface area (Å²) < 4.78 is 2.21. The van der Waals surface area contributed by atoms with Crippen LogP contribution in [0.15, 0.2) is 30.3 Å². The lowest BCUT2D eigenvalue weighted by molar-refractivity contribution is 0.0848. The lowest BCUT2D eigenvalue weighted by atomic mass is 9.87. The van der Waals surface area contributed by atoms with Crippen LogP contribution < -0.4 is 5.32 Å². The number of aryl methyl sites for hydroxylation is 2. The molecule has 5 heteroatoms. The van der Waals surface area contributed by atoms with Gasteiger partial charge in [0.2, 0.25) is 0 Å². The van der Waals surface area contributed by atoms with Crippen LogP contribution in [-0.4, -0.2) is 58.3 Å². The maximum atomic E-state index is 4.86. The zero-order valence-corrected chi connectivity index (χ0v) is 16.2. The molecule has 5 rings (SSSR count). The molecule has 5 nitrogen and oxygen atoms in total. The predicted molar refractivity (Wildman–Crippen MR) is 108 cm³/mol. The second-order valence-electron chi connectivity index (χ2n) is 8.36. The summed E-state index contributed by atoms with van der Waals surface area (Å²) in [4.78, 5) is 5.32. The Morgan fingerprint density at radius 2 is 1.89 bits per heavy atom. The van der Waals surface area contributed by atoms with Crippen molar-refractivity contribution in [3.05, 3.63) is 52.8 Å². The summed E-state index contributed by atoms with van der Waals surface area (Å²) in [6, 6.07) is 12.1. The summed E-state index contributed by atoms with van der Waals surface area (Å²) in [6.45, 7) is 8.85. The smallest absolute Gasteiger partial charge is 0.0768 e. The van der Waals surface area contributed by atoms with Gasteiger partial charge in [0.1, 0.15) is 0 Å². The molecular weight excluding hydrogens is 334 g/mol. The van der Waals surface area contributed by atoms with Crippen molar-refractivity contribution in [2.24, 2.45) is 0 Å². The minimum atomic E-state index is 0.733. The summed E-state index contributed by atoms with van der Waals surface area (Å²) in [5, 5.41) is 8.35. The van der Waals surface area contributed by atoms with Crippen LogP contribution in [-0.2, 0) is 32.5 Å². The van der Waals surface area contributed by atoms with Crippen LogP contribution in [0.1, 0.15) is 35.4 Å². The van der Waals surface area contributed by atoms with Gasteiger partial charge in [-0.3, -0.25) is 14.5 Å². The van der Waals surface area contributed by atoms with Gasteiger partial charge >= 0.3 is 0 Å². The van der Waals surface area contributed by atoms with Crippen molar-refractivity contribution in [1.29, 1.82) is 0 Å². The van der Waals surface area contributed by atoms with E-state index in [2.05, 4.69) is 50.1 Å². The van der Waals surface area contributed by atoms with Gasteiger partial charge in [-0.15, -0.1) is 0 Å². The minimum Gasteiger partial charge on any atom is -0.311 e. The highest BCUT2D eigenvalue weighted by atomic mass is 15.3. The number of nitrogens with one attached hydrogen (secondary N) is 1. The number of hydrogen-bond acceptors (Lipinski definition) is 4. The zero-order valence-electron chi connectivity index (χ0n) is 16.2. The molecule has 1 N–H and O–H groups in total. The molecule has 0 radical (unpaired) electrons. The van der Waals surface area contributed by atoms with Crippen molar-refractivity contribution >= 4 is 0 Å². The van der Waals surface area contributed by atoms with Crippen molar-refractivity contribution < 1.29 is 0 Å². The molecule has 0 amide bonds. The van der Waals surface area contributed by atoms with E-state index < -0.39 is 0 Å². The van der Waals surface area contributed by atoms with Crippen molar-refractivity contribution in [3.8, 4) is 0 Å². The summed E-state index contributed by atoms with van der Waals surface area (Å²) in [5.74, 6) is 0. The standard InChI is InChI=1S/C22H31N5/c1-2-5-19-14-21(7-6-18(19)4-1)26-12-10-25(11-13-26)17-20-15-22-16-23-8-3-9-27(22)24-20/h1-2,4-5,15,21,23H,3,6-14,16-17H2. The van der Waals surface area contributed by atoms with Gasteiger partial charge in [0.15, 0.2) is 0 Å². The van der Waals surface area contributed by atoms with Crippen molar-refractivity contribution in [2.75, 3.05) is 32.7 Å². The molecule has 0 spiro atoms. The molecule has 3 heterocycles. The average molecular weight is 366 g/mol. The fourth-order valence-corrected chi connectivity index (χ4v) is 5.00. The molecule has 2 aliphatic heterocycles. The third-order valence-electron chi connectivity index (χ3n) is 6.57. The molecule has 1 atom stereocenters. The second kappa shape index (κ2) is 7.74. The molecule has 144 valence electrons. The Balaban J connectivity index is 1.15. The summed E-state index contributed by atoms with van der Waals surface area (Å²) in [6.07, 6.45) is 4.97. The van der Waals surface area contributed by atoms with E-state index in [1.54, 1.807) is 11.1 Å². The first-order valence-electron chi connectivity index (χ1n) is 10.6. The van der Waals surface area contributed by atoms with Crippen molar-refractivity contribution in [1.82, 2.24) is 24.9 Å². The highest BCUT2D eigenvalue weighted by Gasteiger charge is 2.27. The first-order valence-corrected chi connectivity index (χ1v) is 10.6. The van der Waals surface area contributed by atoms with Crippen LogP contribution in [0.3, 0.4) is 0 Å². The third kappa shape index (κ3) is 3.82. The second-order valence-corrected chi connectivity index (χ2v) is 8.36. The Hall–Kier alpha value is -1.69. The quantitative estimate of drug-likeness (QED) is 0.903. The molecule has 1 saturated heterocycles. The summed E-state index contributed by atoms with van der Waals surface area (Å²) in [7, 11) is 0. The molecule has 3 aliphatic rings. The van der Waals surface area contributed by atoms with Gasteiger partial charge in [-0.05, 0) is 49.4 Å². The molecule has 1 aromatic heterocycles. The van der Waals surface area contributed by atoms with Crippen LogP contribution in [0.4, 0.5) is 0 Å². The highest BCUT2D eigenvalue weighted by molar-refractivity contribution is 5.30. The number of benzene rings is 1. The van der Waals surface area contributed by atoms with E-state index in [-0.39, 0.29) is 0 Å². The first-order chi connectivity index (χ1) is 13.3. The van der Waals surface area contributed by atoms with E-state index in [4.69, 9.17) is 5.10 Å². The fourth-order valence-electron chi connectivity index (χ4n) is 5.00. The van der Waals surface area contributed by atoms with Crippen LogP contribution in [0.5, 0.6) is 0 Å². The number of fused-ring (bicyclic) bond motifs is 2. The number of hydrogen-bond donors (Lipinski definition) is 1. The number of nitrogens with zero attached hydrogens (tertiary/aromatic N) is 4. The first kappa shape index (κ1) is 17.4. The zero-order chi connectivity index (χ0) is 18.1. The van der Waals surface area contributed by atoms with Gasteiger partial charge in [-0.2, -0.15) is 5.10 Å². The SMILES string of the molecule is c1ccc2c(c1)CCC(N1CCN(Cc3cc4n(n3)CCCNC4)CC1)C2. The molecule has 1 unspecified atom stereocenters. The van der Waals surface area contributed by atoms with Gasteiger partial charge in [-0.1, -0.05) is 24.3 Å². The van der Waals surface area contributed by atoms with Gasteiger partial charge in [0.25, 0.3) is 0 Å². The maximum Gasteiger partial charge on any atom is 0.0768 e. The van der Waals surface area contributed by atoms with Crippen LogP contribution in [0.25, 0.3) is 0 Å². The Morgan fingerprint density at radius 3 is 2.78 bits per heavy atom. The Bertz CT molecular complexity index is 751. The average Bonchev–Trinajstić information content (AvgIpc) is 2.96. The summed E-state index contributed by atoms with van der Waals surface area (Å²) in [5.41, 5.74) is 5.74. The normalized spacial score (nSPS) is 24.2. The number of aromatic nitrogens is 2. The van der Waals surface area contributed by atoms with Gasteiger partial charge in [0.05, 0.1) is 11.4 Å². The van der Waals surface area contributed by atoms with E-state index in [1.165, 1.54) is 63.3 Å². The van der Waals surface area contributed by atoms with Gasteiger partial charge in [0, 0.05) is 51.9 Å². The van der Waals surface area contributed by atoms with Gasteiger partial charge < -0.3 is 5.32 Å². The third-order valence-corrected chi connectivity index (χ3v) is 6.57. The lowest BCUT2D eigenvalue weighted by Crippen LogP contribution is -2.51. The number of piperazine rings is 1. The minimum absolute atomic E-state index is 0.733. The lowest BCUT2D eigenvalue weighted by Gasteiger charge is -2.41. The van der Waals surface area contributed by atoms with E-state index >= 15 is 0 Å². The van der Waals surface area contributed by atoms with Crippen molar-refractivity contribution in [3.63, 3.8) is 0 Å². The molecule has 1 fully saturated rings. The summed E-state index contributed by atoms with van der Waals surface area (Å²) >= 11 is 0. The van der Waals surface area contributed by atoms with E-state index in [0.29, 0.717) is 0 Å². The fraction of sp³-hybridized carbons (Fsp3) is 0.591. The topological polar surface area (TPSA) is 36.3 Å².